The minimum absolute atomic E-state index is 0.0383. The second kappa shape index (κ2) is 5.61. The van der Waals surface area contributed by atoms with Gasteiger partial charge < -0.3 is 5.11 Å². The van der Waals surface area contributed by atoms with Gasteiger partial charge in [0.2, 0.25) is 10.0 Å². The van der Waals surface area contributed by atoms with Crippen LogP contribution in [0.2, 0.25) is 0 Å². The molecule has 4 nitrogen and oxygen atoms in total. The molecular formula is C14H21NO3S. The number of nitrogens with one attached hydrogen (secondary N) is 1. The van der Waals surface area contributed by atoms with Crippen molar-refractivity contribution in [1.29, 1.82) is 0 Å². The van der Waals surface area contributed by atoms with Crippen LogP contribution in [0.1, 0.15) is 36.8 Å². The van der Waals surface area contributed by atoms with Crippen molar-refractivity contribution in [2.45, 2.75) is 44.0 Å². The molecule has 19 heavy (non-hydrogen) atoms. The lowest BCUT2D eigenvalue weighted by Gasteiger charge is -2.22. The molecule has 0 atom stereocenters. The number of hydrogen-bond donors (Lipinski definition) is 2. The van der Waals surface area contributed by atoms with E-state index in [2.05, 4.69) is 4.72 Å². The molecule has 1 saturated carbocycles. The van der Waals surface area contributed by atoms with Gasteiger partial charge >= 0.3 is 0 Å². The Kier molecular flexibility index (Phi) is 4.28. The molecule has 2 N–H and O–H groups in total. The molecule has 1 aromatic carbocycles. The summed E-state index contributed by atoms with van der Waals surface area (Å²) in [7, 11) is -3.38. The van der Waals surface area contributed by atoms with E-state index in [1.807, 2.05) is 31.2 Å². The van der Waals surface area contributed by atoms with E-state index in [4.69, 9.17) is 0 Å². The molecule has 5 heteroatoms. The van der Waals surface area contributed by atoms with Crippen molar-refractivity contribution >= 4 is 10.0 Å². The van der Waals surface area contributed by atoms with Gasteiger partial charge in [-0.25, -0.2) is 13.1 Å². The van der Waals surface area contributed by atoms with Crippen LogP contribution in [-0.4, -0.2) is 25.7 Å². The molecule has 1 fully saturated rings. The third kappa shape index (κ3) is 4.30. The molecule has 0 radical (unpaired) electrons. The van der Waals surface area contributed by atoms with Gasteiger partial charge in [0.1, 0.15) is 0 Å². The fourth-order valence-electron chi connectivity index (χ4n) is 2.41. The van der Waals surface area contributed by atoms with E-state index in [0.29, 0.717) is 12.8 Å². The smallest absolute Gasteiger partial charge is 0.215 e. The molecule has 0 saturated heterocycles. The zero-order chi connectivity index (χ0) is 13.9. The first-order valence-electron chi connectivity index (χ1n) is 6.64. The zero-order valence-corrected chi connectivity index (χ0v) is 12.0. The second-order valence-electron chi connectivity index (χ2n) is 5.50. The van der Waals surface area contributed by atoms with Gasteiger partial charge in [-0.05, 0) is 25.3 Å². The minimum atomic E-state index is -3.38. The van der Waals surface area contributed by atoms with Crippen molar-refractivity contribution in [2.24, 2.45) is 0 Å². The largest absolute Gasteiger partial charge is 0.389 e. The van der Waals surface area contributed by atoms with Crippen LogP contribution in [0.25, 0.3) is 0 Å². The molecule has 2 rings (SSSR count). The third-order valence-corrected chi connectivity index (χ3v) is 4.93. The SMILES string of the molecule is Cc1ccc(CS(=O)(=O)NCC2(O)CCCC2)cc1. The summed E-state index contributed by atoms with van der Waals surface area (Å²) < 4.78 is 26.4. The van der Waals surface area contributed by atoms with E-state index in [1.165, 1.54) is 0 Å². The summed E-state index contributed by atoms with van der Waals surface area (Å²) >= 11 is 0. The van der Waals surface area contributed by atoms with E-state index < -0.39 is 15.6 Å². The highest BCUT2D eigenvalue weighted by molar-refractivity contribution is 7.88. The Bertz CT molecular complexity index is 516. The number of hydrogen-bond acceptors (Lipinski definition) is 3. The standard InChI is InChI=1S/C14H21NO3S/c1-12-4-6-13(7-5-12)10-19(17,18)15-11-14(16)8-2-3-9-14/h4-7,15-16H,2-3,8-11H2,1H3. The van der Waals surface area contributed by atoms with E-state index in [9.17, 15) is 13.5 Å². The predicted octanol–water partition coefficient (Wildman–Crippen LogP) is 1.72. The monoisotopic (exact) mass is 283 g/mol. The molecule has 0 heterocycles. The van der Waals surface area contributed by atoms with Gasteiger partial charge in [0.15, 0.2) is 0 Å². The van der Waals surface area contributed by atoms with E-state index in [-0.39, 0.29) is 12.3 Å². The predicted molar refractivity (Wildman–Crippen MR) is 75.2 cm³/mol. The Morgan fingerprint density at radius 2 is 1.79 bits per heavy atom. The van der Waals surface area contributed by atoms with Crippen molar-refractivity contribution in [1.82, 2.24) is 4.72 Å². The zero-order valence-electron chi connectivity index (χ0n) is 11.2. The molecule has 1 aliphatic rings. The van der Waals surface area contributed by atoms with Crippen LogP contribution in [0.3, 0.4) is 0 Å². The lowest BCUT2D eigenvalue weighted by Crippen LogP contribution is -2.41. The Morgan fingerprint density at radius 3 is 2.37 bits per heavy atom. The number of rotatable bonds is 5. The van der Waals surface area contributed by atoms with Gasteiger partial charge in [0.05, 0.1) is 11.4 Å². The fourth-order valence-corrected chi connectivity index (χ4v) is 3.63. The number of aryl methyl sites for hydroxylation is 1. The lowest BCUT2D eigenvalue weighted by molar-refractivity contribution is 0.0531. The Morgan fingerprint density at radius 1 is 1.21 bits per heavy atom. The maximum Gasteiger partial charge on any atom is 0.215 e. The molecule has 0 bridgehead atoms. The van der Waals surface area contributed by atoms with Crippen molar-refractivity contribution in [2.75, 3.05) is 6.54 Å². The first-order valence-corrected chi connectivity index (χ1v) is 8.29. The normalized spacial score (nSPS) is 18.6. The summed E-state index contributed by atoms with van der Waals surface area (Å²) in [6.45, 7) is 2.09. The van der Waals surface area contributed by atoms with Gasteiger partial charge in [-0.15, -0.1) is 0 Å². The van der Waals surface area contributed by atoms with Gasteiger partial charge in [-0.2, -0.15) is 0 Å². The number of benzene rings is 1. The van der Waals surface area contributed by atoms with Crippen molar-refractivity contribution < 1.29 is 13.5 Å². The third-order valence-electron chi connectivity index (χ3n) is 3.63. The van der Waals surface area contributed by atoms with Crippen LogP contribution >= 0.6 is 0 Å². The van der Waals surface area contributed by atoms with Gasteiger partial charge in [-0.3, -0.25) is 0 Å². The molecule has 0 aromatic heterocycles. The highest BCUT2D eigenvalue weighted by Crippen LogP contribution is 2.28. The number of sulfonamides is 1. The van der Waals surface area contributed by atoms with Crippen LogP contribution in [-0.2, 0) is 15.8 Å². The summed E-state index contributed by atoms with van der Waals surface area (Å²) in [4.78, 5) is 0. The maximum atomic E-state index is 12.0. The molecule has 0 amide bonds. The summed E-state index contributed by atoms with van der Waals surface area (Å²) in [5.74, 6) is -0.0383. The Labute approximate surface area is 114 Å². The molecular weight excluding hydrogens is 262 g/mol. The first-order chi connectivity index (χ1) is 8.89. The van der Waals surface area contributed by atoms with E-state index >= 15 is 0 Å². The van der Waals surface area contributed by atoms with Crippen LogP contribution in [0.15, 0.2) is 24.3 Å². The van der Waals surface area contributed by atoms with Crippen molar-refractivity contribution in [3.63, 3.8) is 0 Å². The second-order valence-corrected chi connectivity index (χ2v) is 7.30. The minimum Gasteiger partial charge on any atom is -0.389 e. The Hall–Kier alpha value is -0.910. The summed E-state index contributed by atoms with van der Waals surface area (Å²) in [6.07, 6.45) is 3.30. The fraction of sp³-hybridized carbons (Fsp3) is 0.571. The van der Waals surface area contributed by atoms with Gasteiger partial charge in [-0.1, -0.05) is 42.7 Å². The van der Waals surface area contributed by atoms with Crippen LogP contribution < -0.4 is 4.72 Å². The molecule has 1 aliphatic carbocycles. The van der Waals surface area contributed by atoms with Crippen LogP contribution in [0.4, 0.5) is 0 Å². The maximum absolute atomic E-state index is 12.0. The van der Waals surface area contributed by atoms with E-state index in [1.54, 1.807) is 0 Å². The Balaban J connectivity index is 1.93. The lowest BCUT2D eigenvalue weighted by atomic mass is 10.0. The summed E-state index contributed by atoms with van der Waals surface area (Å²) in [5.41, 5.74) is 1.02. The highest BCUT2D eigenvalue weighted by Gasteiger charge is 2.32. The molecule has 0 unspecified atom stereocenters. The topological polar surface area (TPSA) is 66.4 Å². The van der Waals surface area contributed by atoms with Crippen LogP contribution in [0.5, 0.6) is 0 Å². The quantitative estimate of drug-likeness (QED) is 0.864. The van der Waals surface area contributed by atoms with Gasteiger partial charge in [0.25, 0.3) is 0 Å². The van der Waals surface area contributed by atoms with Gasteiger partial charge in [0, 0.05) is 6.54 Å². The highest BCUT2D eigenvalue weighted by atomic mass is 32.2. The molecule has 1 aromatic rings. The van der Waals surface area contributed by atoms with Crippen molar-refractivity contribution in [3.05, 3.63) is 35.4 Å². The van der Waals surface area contributed by atoms with E-state index in [0.717, 1.165) is 24.0 Å². The molecule has 0 aliphatic heterocycles. The summed E-state index contributed by atoms with van der Waals surface area (Å²) in [6, 6.07) is 7.43. The number of aliphatic hydroxyl groups is 1. The average Bonchev–Trinajstić information content (AvgIpc) is 2.78. The summed E-state index contributed by atoms with van der Waals surface area (Å²) in [5, 5.41) is 10.1. The molecule has 0 spiro atoms. The van der Waals surface area contributed by atoms with Crippen molar-refractivity contribution in [3.8, 4) is 0 Å². The molecule has 106 valence electrons. The van der Waals surface area contributed by atoms with Crippen LogP contribution in [0, 0.1) is 6.92 Å². The average molecular weight is 283 g/mol. The first kappa shape index (κ1) is 14.5.